The summed E-state index contributed by atoms with van der Waals surface area (Å²) in [5.41, 5.74) is 2.78. The molecule has 0 bridgehead atoms. The molecule has 118 valence electrons. The van der Waals surface area contributed by atoms with Crippen LogP contribution < -0.4 is 10.5 Å². The van der Waals surface area contributed by atoms with Gasteiger partial charge in [0.05, 0.1) is 10.6 Å². The second-order valence-electron chi connectivity index (χ2n) is 4.56. The Bertz CT molecular complexity index is 826. The van der Waals surface area contributed by atoms with Crippen molar-refractivity contribution >= 4 is 33.0 Å². The zero-order valence-corrected chi connectivity index (χ0v) is 13.2. The molecular formula is C14H14ClF2N2O2S+. The molecule has 0 unspecified atom stereocenters. The maximum absolute atomic E-state index is 13.9. The Morgan fingerprint density at radius 3 is 2.55 bits per heavy atom. The number of hydrogen-bond donors (Lipinski definition) is 2. The van der Waals surface area contributed by atoms with E-state index in [1.807, 2.05) is 0 Å². The number of benzene rings is 2. The minimum Gasteiger partial charge on any atom is -0.320 e. The predicted octanol–water partition coefficient (Wildman–Crippen LogP) is 2.85. The van der Waals surface area contributed by atoms with E-state index in [0.717, 1.165) is 12.1 Å². The molecule has 0 fully saturated rings. The Kier molecular flexibility index (Phi) is 4.69. The molecule has 0 aliphatic carbocycles. The van der Waals surface area contributed by atoms with E-state index < -0.39 is 27.3 Å². The first kappa shape index (κ1) is 16.7. The number of halogens is 3. The standard InChI is InChI=1S/C14H13ClF2N2O2S/c1-2-8-9(15)4-3-5-12(8)22(20,21)19-11-7-6-10(16)14(18)13(11)17/h3-7,19H,2,18H2,1H3/p+1. The Hall–Kier alpha value is -1.70. The van der Waals surface area contributed by atoms with Gasteiger partial charge in [0.1, 0.15) is 0 Å². The number of quaternary nitrogens is 1. The van der Waals surface area contributed by atoms with Crippen LogP contribution in [0, 0.1) is 11.6 Å². The van der Waals surface area contributed by atoms with Gasteiger partial charge >= 0.3 is 0 Å². The first-order valence-electron chi connectivity index (χ1n) is 6.38. The third-order valence-corrected chi connectivity index (χ3v) is 4.95. The van der Waals surface area contributed by atoms with Crippen LogP contribution in [0.5, 0.6) is 0 Å². The van der Waals surface area contributed by atoms with Crippen LogP contribution >= 0.6 is 11.6 Å². The largest absolute Gasteiger partial charge is 0.320 e. The van der Waals surface area contributed by atoms with Gasteiger partial charge < -0.3 is 5.73 Å². The number of rotatable bonds is 4. The average Bonchev–Trinajstić information content (AvgIpc) is 2.47. The van der Waals surface area contributed by atoms with Crippen LogP contribution in [0.2, 0.25) is 5.02 Å². The molecule has 0 atom stereocenters. The van der Waals surface area contributed by atoms with Gasteiger partial charge in [-0.2, -0.15) is 4.39 Å². The van der Waals surface area contributed by atoms with E-state index in [1.165, 1.54) is 12.1 Å². The van der Waals surface area contributed by atoms with Crippen LogP contribution in [0.15, 0.2) is 35.2 Å². The van der Waals surface area contributed by atoms with E-state index in [0.29, 0.717) is 17.0 Å². The van der Waals surface area contributed by atoms with E-state index in [4.69, 9.17) is 11.6 Å². The fraction of sp³-hybridized carbons (Fsp3) is 0.143. The van der Waals surface area contributed by atoms with Crippen molar-refractivity contribution in [3.8, 4) is 0 Å². The summed E-state index contributed by atoms with van der Waals surface area (Å²) in [4.78, 5) is -0.0446. The van der Waals surface area contributed by atoms with Gasteiger partial charge in [-0.1, -0.05) is 24.6 Å². The SMILES string of the molecule is CCc1c(Cl)cccc1S(=O)(=O)Nc1ccc(F)c([NH3+])c1F. The molecule has 0 heterocycles. The van der Waals surface area contributed by atoms with Crippen molar-refractivity contribution in [2.45, 2.75) is 18.2 Å². The molecule has 4 nitrogen and oxygen atoms in total. The fourth-order valence-electron chi connectivity index (χ4n) is 2.01. The van der Waals surface area contributed by atoms with E-state index in [2.05, 4.69) is 10.5 Å². The summed E-state index contributed by atoms with van der Waals surface area (Å²) >= 11 is 5.99. The van der Waals surface area contributed by atoms with Crippen LogP contribution in [-0.4, -0.2) is 8.42 Å². The first-order valence-corrected chi connectivity index (χ1v) is 8.24. The highest BCUT2D eigenvalue weighted by Crippen LogP contribution is 2.28. The molecule has 0 aliphatic rings. The van der Waals surface area contributed by atoms with Crippen LogP contribution in [0.25, 0.3) is 0 Å². The molecule has 2 aromatic carbocycles. The van der Waals surface area contributed by atoms with E-state index >= 15 is 0 Å². The summed E-state index contributed by atoms with van der Waals surface area (Å²) in [6.45, 7) is 1.76. The molecule has 2 aromatic rings. The lowest BCUT2D eigenvalue weighted by molar-refractivity contribution is -0.262. The third kappa shape index (κ3) is 3.06. The Morgan fingerprint density at radius 2 is 1.91 bits per heavy atom. The topological polar surface area (TPSA) is 73.8 Å². The average molecular weight is 348 g/mol. The van der Waals surface area contributed by atoms with Gasteiger partial charge in [-0.25, -0.2) is 12.8 Å². The number of hydrogen-bond acceptors (Lipinski definition) is 2. The fourth-order valence-corrected chi connectivity index (χ4v) is 3.77. The lowest BCUT2D eigenvalue weighted by atomic mass is 10.2. The minimum absolute atomic E-state index is 0.0446. The van der Waals surface area contributed by atoms with Gasteiger partial charge in [0.2, 0.25) is 11.5 Å². The highest BCUT2D eigenvalue weighted by atomic mass is 35.5. The monoisotopic (exact) mass is 347 g/mol. The Morgan fingerprint density at radius 1 is 1.23 bits per heavy atom. The lowest BCUT2D eigenvalue weighted by Gasteiger charge is -2.13. The molecule has 0 saturated heterocycles. The molecule has 22 heavy (non-hydrogen) atoms. The summed E-state index contributed by atoms with van der Waals surface area (Å²) < 4.78 is 54.1. The summed E-state index contributed by atoms with van der Waals surface area (Å²) in [5.74, 6) is -1.90. The van der Waals surface area contributed by atoms with Crippen molar-refractivity contribution in [1.82, 2.24) is 0 Å². The molecule has 0 amide bonds. The van der Waals surface area contributed by atoms with Crippen LogP contribution in [-0.2, 0) is 16.4 Å². The summed E-state index contributed by atoms with van der Waals surface area (Å²) in [6.07, 6.45) is 0.391. The molecule has 4 N–H and O–H groups in total. The number of anilines is 1. The molecule has 0 saturated carbocycles. The summed E-state index contributed by atoms with van der Waals surface area (Å²) in [7, 11) is -4.06. The summed E-state index contributed by atoms with van der Waals surface area (Å²) in [6, 6.07) is 6.39. The van der Waals surface area contributed by atoms with Crippen LogP contribution in [0.1, 0.15) is 12.5 Å². The quantitative estimate of drug-likeness (QED) is 0.892. The number of sulfonamides is 1. The van der Waals surface area contributed by atoms with Gasteiger partial charge in [-0.3, -0.25) is 4.72 Å². The molecule has 0 spiro atoms. The van der Waals surface area contributed by atoms with Gasteiger partial charge in [-0.15, -0.1) is 0 Å². The lowest BCUT2D eigenvalue weighted by Crippen LogP contribution is -2.43. The smallest absolute Gasteiger partial charge is 0.262 e. The highest BCUT2D eigenvalue weighted by Gasteiger charge is 2.23. The second-order valence-corrected chi connectivity index (χ2v) is 6.62. The maximum atomic E-state index is 13.9. The van der Waals surface area contributed by atoms with Gasteiger partial charge in [0.25, 0.3) is 10.0 Å². The van der Waals surface area contributed by atoms with E-state index in [-0.39, 0.29) is 10.6 Å². The van der Waals surface area contributed by atoms with Gasteiger partial charge in [0, 0.05) is 5.02 Å². The highest BCUT2D eigenvalue weighted by molar-refractivity contribution is 7.92. The van der Waals surface area contributed by atoms with E-state index in [9.17, 15) is 17.2 Å². The molecule has 0 aliphatic heterocycles. The minimum atomic E-state index is -4.06. The van der Waals surface area contributed by atoms with Crippen molar-refractivity contribution in [3.63, 3.8) is 0 Å². The maximum Gasteiger partial charge on any atom is 0.262 e. The Labute approximate surface area is 132 Å². The molecule has 0 radical (unpaired) electrons. The van der Waals surface area contributed by atoms with Gasteiger partial charge in [-0.05, 0) is 36.2 Å². The van der Waals surface area contributed by atoms with E-state index in [1.54, 1.807) is 13.0 Å². The second kappa shape index (κ2) is 6.20. The van der Waals surface area contributed by atoms with Gasteiger partial charge in [0.15, 0.2) is 5.82 Å². The predicted molar refractivity (Wildman–Crippen MR) is 80.5 cm³/mol. The first-order chi connectivity index (χ1) is 10.3. The molecule has 0 aromatic heterocycles. The zero-order valence-electron chi connectivity index (χ0n) is 11.7. The third-order valence-electron chi connectivity index (χ3n) is 3.15. The Balaban J connectivity index is 2.50. The van der Waals surface area contributed by atoms with Crippen molar-refractivity contribution in [3.05, 3.63) is 52.6 Å². The zero-order chi connectivity index (χ0) is 16.5. The van der Waals surface area contributed by atoms with Crippen molar-refractivity contribution in [1.29, 1.82) is 0 Å². The van der Waals surface area contributed by atoms with Crippen molar-refractivity contribution < 1.29 is 22.9 Å². The summed E-state index contributed by atoms with van der Waals surface area (Å²) in [5, 5.41) is 0.308. The van der Waals surface area contributed by atoms with Crippen molar-refractivity contribution in [2.75, 3.05) is 4.72 Å². The van der Waals surface area contributed by atoms with Crippen molar-refractivity contribution in [2.24, 2.45) is 0 Å². The molecular weight excluding hydrogens is 334 g/mol. The van der Waals surface area contributed by atoms with Crippen LogP contribution in [0.3, 0.4) is 0 Å². The molecule has 8 heteroatoms. The number of nitrogens with one attached hydrogen (secondary N) is 1. The normalized spacial score (nSPS) is 11.5. The molecule has 2 rings (SSSR count). The van der Waals surface area contributed by atoms with Crippen LogP contribution in [0.4, 0.5) is 20.2 Å².